The molecule has 1 unspecified atom stereocenters. The van der Waals surface area contributed by atoms with Crippen molar-refractivity contribution < 1.29 is 9.84 Å². The molecule has 1 atom stereocenters. The lowest BCUT2D eigenvalue weighted by Gasteiger charge is -2.20. The SMILES string of the molecule is COCCNCC(O)CN(C)Cc1nccn1C. The lowest BCUT2D eigenvalue weighted by molar-refractivity contribution is 0.116. The number of aliphatic hydroxyl groups is 1. The highest BCUT2D eigenvalue weighted by Gasteiger charge is 2.10. The Kier molecular flexibility index (Phi) is 6.89. The Morgan fingerprint density at radius 3 is 3.00 bits per heavy atom. The van der Waals surface area contributed by atoms with E-state index in [1.54, 1.807) is 13.3 Å². The molecule has 0 radical (unpaired) electrons. The van der Waals surface area contributed by atoms with Crippen LogP contribution in [-0.4, -0.2) is 66.1 Å². The number of hydrogen-bond donors (Lipinski definition) is 2. The van der Waals surface area contributed by atoms with Crippen molar-refractivity contribution >= 4 is 0 Å². The predicted molar refractivity (Wildman–Crippen MR) is 70.3 cm³/mol. The number of aryl methyl sites for hydroxylation is 1. The zero-order valence-electron chi connectivity index (χ0n) is 11.5. The highest BCUT2D eigenvalue weighted by molar-refractivity contribution is 4.90. The van der Waals surface area contributed by atoms with E-state index in [0.29, 0.717) is 19.7 Å². The zero-order chi connectivity index (χ0) is 13.4. The minimum absolute atomic E-state index is 0.382. The Hall–Kier alpha value is -0.950. The van der Waals surface area contributed by atoms with Gasteiger partial charge in [0.15, 0.2) is 0 Å². The van der Waals surface area contributed by atoms with Crippen LogP contribution in [0.15, 0.2) is 12.4 Å². The fourth-order valence-electron chi connectivity index (χ4n) is 1.72. The van der Waals surface area contributed by atoms with Crippen molar-refractivity contribution in [1.82, 2.24) is 19.8 Å². The Labute approximate surface area is 109 Å². The summed E-state index contributed by atoms with van der Waals surface area (Å²) in [6.45, 7) is 3.35. The molecule has 1 aromatic rings. The third-order valence-corrected chi connectivity index (χ3v) is 2.72. The van der Waals surface area contributed by atoms with Crippen molar-refractivity contribution in [2.45, 2.75) is 12.6 Å². The third kappa shape index (κ3) is 5.59. The van der Waals surface area contributed by atoms with E-state index in [4.69, 9.17) is 4.74 Å². The normalized spacial score (nSPS) is 13.2. The Bertz CT molecular complexity index is 330. The maximum Gasteiger partial charge on any atom is 0.122 e. The molecule has 0 bridgehead atoms. The van der Waals surface area contributed by atoms with E-state index in [1.165, 1.54) is 0 Å². The first-order chi connectivity index (χ1) is 8.63. The molecule has 0 saturated heterocycles. The van der Waals surface area contributed by atoms with E-state index >= 15 is 0 Å². The van der Waals surface area contributed by atoms with Gasteiger partial charge in [-0.05, 0) is 7.05 Å². The van der Waals surface area contributed by atoms with Gasteiger partial charge in [-0.2, -0.15) is 0 Å². The smallest absolute Gasteiger partial charge is 0.122 e. The van der Waals surface area contributed by atoms with E-state index in [0.717, 1.165) is 18.9 Å². The van der Waals surface area contributed by atoms with Crippen LogP contribution < -0.4 is 5.32 Å². The minimum Gasteiger partial charge on any atom is -0.390 e. The average molecular weight is 256 g/mol. The number of likely N-dealkylation sites (N-methyl/N-ethyl adjacent to an activating group) is 1. The molecule has 18 heavy (non-hydrogen) atoms. The van der Waals surface area contributed by atoms with Gasteiger partial charge in [-0.15, -0.1) is 0 Å². The molecule has 0 aliphatic heterocycles. The Balaban J connectivity index is 2.19. The molecule has 1 heterocycles. The van der Waals surface area contributed by atoms with E-state index in [-0.39, 0.29) is 6.10 Å². The van der Waals surface area contributed by atoms with Crippen LogP contribution in [0, 0.1) is 0 Å². The standard InChI is InChI=1S/C12H24N4O2/c1-15(10-12-14-4-6-16(12)2)9-11(17)8-13-5-7-18-3/h4,6,11,13,17H,5,7-10H2,1-3H3. The van der Waals surface area contributed by atoms with E-state index in [2.05, 4.69) is 15.2 Å². The van der Waals surface area contributed by atoms with Gasteiger partial charge < -0.3 is 19.7 Å². The van der Waals surface area contributed by atoms with Crippen LogP contribution in [0.5, 0.6) is 0 Å². The average Bonchev–Trinajstić information content (AvgIpc) is 2.70. The fraction of sp³-hybridized carbons (Fsp3) is 0.750. The van der Waals surface area contributed by atoms with E-state index < -0.39 is 0 Å². The summed E-state index contributed by atoms with van der Waals surface area (Å²) in [5.74, 6) is 0.997. The topological polar surface area (TPSA) is 62.5 Å². The molecular formula is C12H24N4O2. The van der Waals surface area contributed by atoms with Gasteiger partial charge in [0.1, 0.15) is 5.82 Å². The van der Waals surface area contributed by atoms with Gasteiger partial charge in [0.05, 0.1) is 19.3 Å². The molecule has 2 N–H and O–H groups in total. The molecule has 0 spiro atoms. The number of ether oxygens (including phenoxy) is 1. The number of rotatable bonds is 9. The Morgan fingerprint density at radius 1 is 1.61 bits per heavy atom. The number of nitrogens with one attached hydrogen (secondary N) is 1. The summed E-state index contributed by atoms with van der Waals surface area (Å²) in [6.07, 6.45) is 3.32. The Morgan fingerprint density at radius 2 is 2.39 bits per heavy atom. The number of hydrogen-bond acceptors (Lipinski definition) is 5. The van der Waals surface area contributed by atoms with Gasteiger partial charge >= 0.3 is 0 Å². The van der Waals surface area contributed by atoms with E-state index in [9.17, 15) is 5.11 Å². The molecule has 0 amide bonds. The highest BCUT2D eigenvalue weighted by Crippen LogP contribution is 2.00. The van der Waals surface area contributed by atoms with Gasteiger partial charge in [0.2, 0.25) is 0 Å². The first-order valence-electron chi connectivity index (χ1n) is 6.16. The first kappa shape index (κ1) is 15.1. The number of nitrogens with zero attached hydrogens (tertiary/aromatic N) is 3. The minimum atomic E-state index is -0.382. The largest absolute Gasteiger partial charge is 0.390 e. The van der Waals surface area contributed by atoms with Crippen molar-refractivity contribution in [2.24, 2.45) is 7.05 Å². The lowest BCUT2D eigenvalue weighted by atomic mass is 10.3. The van der Waals surface area contributed by atoms with Crippen molar-refractivity contribution in [2.75, 3.05) is 40.4 Å². The molecule has 1 rings (SSSR count). The van der Waals surface area contributed by atoms with Gasteiger partial charge in [-0.1, -0.05) is 0 Å². The fourth-order valence-corrected chi connectivity index (χ4v) is 1.72. The van der Waals surface area contributed by atoms with Crippen LogP contribution in [-0.2, 0) is 18.3 Å². The number of aliphatic hydroxyl groups excluding tert-OH is 1. The maximum atomic E-state index is 9.84. The van der Waals surface area contributed by atoms with Crippen molar-refractivity contribution in [3.05, 3.63) is 18.2 Å². The number of aromatic nitrogens is 2. The second kappa shape index (κ2) is 8.20. The quantitative estimate of drug-likeness (QED) is 0.580. The van der Waals surface area contributed by atoms with Crippen LogP contribution >= 0.6 is 0 Å². The molecule has 0 saturated carbocycles. The molecule has 1 aromatic heterocycles. The summed E-state index contributed by atoms with van der Waals surface area (Å²) in [4.78, 5) is 6.32. The van der Waals surface area contributed by atoms with Gasteiger partial charge in [0.25, 0.3) is 0 Å². The van der Waals surface area contributed by atoms with Crippen LogP contribution in [0.2, 0.25) is 0 Å². The third-order valence-electron chi connectivity index (χ3n) is 2.72. The zero-order valence-corrected chi connectivity index (χ0v) is 11.5. The molecular weight excluding hydrogens is 232 g/mol. The van der Waals surface area contributed by atoms with Crippen molar-refractivity contribution in [1.29, 1.82) is 0 Å². The molecule has 0 aliphatic rings. The lowest BCUT2D eigenvalue weighted by Crippen LogP contribution is -2.37. The van der Waals surface area contributed by atoms with Crippen LogP contribution in [0.1, 0.15) is 5.82 Å². The van der Waals surface area contributed by atoms with Gasteiger partial charge in [-0.3, -0.25) is 4.90 Å². The molecule has 0 aromatic carbocycles. The summed E-state index contributed by atoms with van der Waals surface area (Å²) >= 11 is 0. The second-order valence-electron chi connectivity index (χ2n) is 4.50. The summed E-state index contributed by atoms with van der Waals surface area (Å²) in [5.41, 5.74) is 0. The molecule has 0 fully saturated rings. The molecule has 0 aliphatic carbocycles. The van der Waals surface area contributed by atoms with Gasteiger partial charge in [-0.25, -0.2) is 4.98 Å². The second-order valence-corrected chi connectivity index (χ2v) is 4.50. The van der Waals surface area contributed by atoms with E-state index in [1.807, 2.05) is 24.9 Å². The molecule has 6 heteroatoms. The van der Waals surface area contributed by atoms with Gasteiger partial charge in [0, 0.05) is 46.2 Å². The summed E-state index contributed by atoms with van der Waals surface area (Å²) < 4.78 is 6.91. The first-order valence-corrected chi connectivity index (χ1v) is 6.16. The monoisotopic (exact) mass is 256 g/mol. The van der Waals surface area contributed by atoms with Crippen molar-refractivity contribution in [3.63, 3.8) is 0 Å². The molecule has 6 nitrogen and oxygen atoms in total. The van der Waals surface area contributed by atoms with Crippen LogP contribution in [0.4, 0.5) is 0 Å². The van der Waals surface area contributed by atoms with Crippen LogP contribution in [0.25, 0.3) is 0 Å². The summed E-state index contributed by atoms with van der Waals surface area (Å²) in [6, 6.07) is 0. The number of imidazole rings is 1. The maximum absolute atomic E-state index is 9.84. The summed E-state index contributed by atoms with van der Waals surface area (Å²) in [5, 5.41) is 13.0. The predicted octanol–water partition coefficient (Wildman–Crippen LogP) is -0.551. The summed E-state index contributed by atoms with van der Waals surface area (Å²) in [7, 11) is 5.62. The molecule has 104 valence electrons. The number of methoxy groups -OCH3 is 1. The van der Waals surface area contributed by atoms with Crippen molar-refractivity contribution in [3.8, 4) is 0 Å². The highest BCUT2D eigenvalue weighted by atomic mass is 16.5. The van der Waals surface area contributed by atoms with Crippen LogP contribution in [0.3, 0.4) is 0 Å².